The lowest BCUT2D eigenvalue weighted by Gasteiger charge is -2.28. The largest absolute Gasteiger partial charge is 0.311 e. The molecule has 2 heteroatoms. The Morgan fingerprint density at radius 3 is 1.66 bits per heavy atom. The van der Waals surface area contributed by atoms with Gasteiger partial charge in [-0.15, -0.1) is 0 Å². The molecule has 0 N–H and O–H groups in total. The van der Waals surface area contributed by atoms with E-state index >= 15 is 0 Å². The maximum atomic E-state index is 4.02. The van der Waals surface area contributed by atoms with Crippen LogP contribution in [0.1, 0.15) is 12.8 Å². The molecule has 2 nitrogen and oxygen atoms in total. The van der Waals surface area contributed by atoms with Crippen LogP contribution in [0.2, 0.25) is 0 Å². The smallest absolute Gasteiger partial charge is 0.0462 e. The normalized spacial score (nSPS) is 12.9. The standard InChI is InChI=1S/C36H32N2/c1-3-14-31(4-2)37(32-15-8-5-9-16-32)35-25-21-29(22-26-35)30-23-27-36(28-24-30)38(33-17-10-6-11-18-33)34-19-12-7-13-20-34/h3-6,8-12,14-28H,1-2,7,13H2/b31-14+. The average molecular weight is 493 g/mol. The second-order valence-electron chi connectivity index (χ2n) is 9.08. The average Bonchev–Trinajstić information content (AvgIpc) is 2.99. The van der Waals surface area contributed by atoms with E-state index in [2.05, 4.69) is 132 Å². The van der Waals surface area contributed by atoms with Crippen molar-refractivity contribution in [2.24, 2.45) is 0 Å². The molecule has 4 aromatic carbocycles. The Morgan fingerprint density at radius 2 is 1.13 bits per heavy atom. The molecule has 0 radical (unpaired) electrons. The monoisotopic (exact) mass is 492 g/mol. The summed E-state index contributed by atoms with van der Waals surface area (Å²) in [6.45, 7) is 7.90. The van der Waals surface area contributed by atoms with Gasteiger partial charge in [-0.2, -0.15) is 0 Å². The van der Waals surface area contributed by atoms with Crippen LogP contribution in [0.5, 0.6) is 0 Å². The Balaban J connectivity index is 1.45. The molecule has 0 fully saturated rings. The molecule has 38 heavy (non-hydrogen) atoms. The van der Waals surface area contributed by atoms with Crippen LogP contribution in [-0.4, -0.2) is 0 Å². The predicted octanol–water partition coefficient (Wildman–Crippen LogP) is 10.1. The van der Waals surface area contributed by atoms with E-state index in [4.69, 9.17) is 0 Å². The zero-order valence-corrected chi connectivity index (χ0v) is 21.6. The van der Waals surface area contributed by atoms with Crippen LogP contribution < -0.4 is 9.80 Å². The molecule has 5 rings (SSSR count). The van der Waals surface area contributed by atoms with Crippen molar-refractivity contribution < 1.29 is 0 Å². The van der Waals surface area contributed by atoms with E-state index in [0.29, 0.717) is 0 Å². The first kappa shape index (κ1) is 24.9. The van der Waals surface area contributed by atoms with E-state index in [9.17, 15) is 0 Å². The van der Waals surface area contributed by atoms with Crippen molar-refractivity contribution in [2.75, 3.05) is 9.80 Å². The number of allylic oxidation sites excluding steroid dienone is 6. The highest BCUT2D eigenvalue weighted by Crippen LogP contribution is 2.35. The third-order valence-electron chi connectivity index (χ3n) is 6.60. The molecule has 0 aromatic heterocycles. The number of hydrogen-bond acceptors (Lipinski definition) is 2. The lowest BCUT2D eigenvalue weighted by Crippen LogP contribution is -2.16. The molecule has 0 spiro atoms. The van der Waals surface area contributed by atoms with Crippen molar-refractivity contribution in [3.8, 4) is 11.1 Å². The van der Waals surface area contributed by atoms with Crippen LogP contribution >= 0.6 is 0 Å². The first-order chi connectivity index (χ1) is 18.8. The summed E-state index contributed by atoms with van der Waals surface area (Å²) in [6.07, 6.45) is 14.6. The quantitative estimate of drug-likeness (QED) is 0.214. The number of benzene rings is 4. The lowest BCUT2D eigenvalue weighted by atomic mass is 10.0. The van der Waals surface area contributed by atoms with Crippen LogP contribution in [0.4, 0.5) is 22.7 Å². The van der Waals surface area contributed by atoms with E-state index in [0.717, 1.165) is 41.3 Å². The molecule has 4 aromatic rings. The highest BCUT2D eigenvalue weighted by atomic mass is 15.2. The fourth-order valence-corrected chi connectivity index (χ4v) is 4.77. The van der Waals surface area contributed by atoms with Crippen LogP contribution in [0.25, 0.3) is 11.1 Å². The number of rotatable bonds is 9. The lowest BCUT2D eigenvalue weighted by molar-refractivity contribution is 0.997. The Morgan fingerprint density at radius 1 is 0.605 bits per heavy atom. The molecule has 0 bridgehead atoms. The zero-order valence-electron chi connectivity index (χ0n) is 21.6. The minimum Gasteiger partial charge on any atom is -0.311 e. The molecule has 0 saturated carbocycles. The van der Waals surface area contributed by atoms with Crippen molar-refractivity contribution >= 4 is 22.7 Å². The van der Waals surface area contributed by atoms with Crippen LogP contribution in [0.3, 0.4) is 0 Å². The van der Waals surface area contributed by atoms with Gasteiger partial charge in [0, 0.05) is 34.1 Å². The van der Waals surface area contributed by atoms with Gasteiger partial charge in [-0.1, -0.05) is 92.0 Å². The van der Waals surface area contributed by atoms with Crippen LogP contribution in [-0.2, 0) is 0 Å². The van der Waals surface area contributed by atoms with E-state index in [1.165, 1.54) is 16.8 Å². The van der Waals surface area contributed by atoms with Gasteiger partial charge in [0.1, 0.15) is 0 Å². The van der Waals surface area contributed by atoms with Crippen LogP contribution in [0.15, 0.2) is 170 Å². The second-order valence-corrected chi connectivity index (χ2v) is 9.08. The van der Waals surface area contributed by atoms with Gasteiger partial charge >= 0.3 is 0 Å². The molecule has 0 aliphatic heterocycles. The molecule has 1 aliphatic rings. The highest BCUT2D eigenvalue weighted by molar-refractivity contribution is 5.76. The third-order valence-corrected chi connectivity index (χ3v) is 6.60. The molecule has 0 amide bonds. The summed E-state index contributed by atoms with van der Waals surface area (Å²) in [5, 5.41) is 0. The van der Waals surface area contributed by atoms with Crippen molar-refractivity contribution in [3.63, 3.8) is 0 Å². The number of hydrogen-bond donors (Lipinski definition) is 0. The highest BCUT2D eigenvalue weighted by Gasteiger charge is 2.15. The Bertz CT molecular complexity index is 1460. The minimum absolute atomic E-state index is 0.968. The van der Waals surface area contributed by atoms with Crippen molar-refractivity contribution in [3.05, 3.63) is 170 Å². The molecule has 0 unspecified atom stereocenters. The van der Waals surface area contributed by atoms with Crippen LogP contribution in [0, 0.1) is 0 Å². The maximum absolute atomic E-state index is 4.02. The first-order valence-electron chi connectivity index (χ1n) is 13.0. The first-order valence-corrected chi connectivity index (χ1v) is 13.0. The zero-order chi connectivity index (χ0) is 26.2. The molecule has 0 saturated heterocycles. The summed E-state index contributed by atoms with van der Waals surface area (Å²) in [6, 6.07) is 38.4. The number of anilines is 4. The molecule has 1 aliphatic carbocycles. The SMILES string of the molecule is C=C/C=C(\C=C)N(c1ccccc1)c1ccc(-c2ccc(N(C3=CCCC=C3)c3ccccc3)cc2)cc1. The van der Waals surface area contributed by atoms with E-state index < -0.39 is 0 Å². The van der Waals surface area contributed by atoms with Gasteiger partial charge in [0.05, 0.1) is 0 Å². The van der Waals surface area contributed by atoms with Gasteiger partial charge in [0.25, 0.3) is 0 Å². The van der Waals surface area contributed by atoms with Gasteiger partial charge in [0.15, 0.2) is 0 Å². The summed E-state index contributed by atoms with van der Waals surface area (Å²) in [7, 11) is 0. The van der Waals surface area contributed by atoms with Crippen molar-refractivity contribution in [2.45, 2.75) is 12.8 Å². The Hall–Kier alpha value is -4.82. The fourth-order valence-electron chi connectivity index (χ4n) is 4.77. The maximum Gasteiger partial charge on any atom is 0.0462 e. The van der Waals surface area contributed by atoms with E-state index in [1.54, 1.807) is 6.08 Å². The summed E-state index contributed by atoms with van der Waals surface area (Å²) < 4.78 is 0. The fraction of sp³-hybridized carbons (Fsp3) is 0.0556. The Kier molecular flexibility index (Phi) is 7.81. The number of nitrogens with zero attached hydrogens (tertiary/aromatic N) is 2. The van der Waals surface area contributed by atoms with Gasteiger partial charge in [-0.3, -0.25) is 0 Å². The molecule has 186 valence electrons. The summed E-state index contributed by atoms with van der Waals surface area (Å²) >= 11 is 0. The molecular formula is C36H32N2. The predicted molar refractivity (Wildman–Crippen MR) is 164 cm³/mol. The van der Waals surface area contributed by atoms with Gasteiger partial charge < -0.3 is 9.80 Å². The number of para-hydroxylation sites is 2. The van der Waals surface area contributed by atoms with Crippen molar-refractivity contribution in [1.29, 1.82) is 0 Å². The van der Waals surface area contributed by atoms with E-state index in [-0.39, 0.29) is 0 Å². The third kappa shape index (κ3) is 5.45. The summed E-state index contributed by atoms with van der Waals surface area (Å²) in [5.74, 6) is 0. The van der Waals surface area contributed by atoms with Gasteiger partial charge in [0.2, 0.25) is 0 Å². The van der Waals surface area contributed by atoms with Gasteiger partial charge in [-0.05, 0) is 90.7 Å². The molecule has 0 atom stereocenters. The van der Waals surface area contributed by atoms with Gasteiger partial charge in [-0.25, -0.2) is 0 Å². The minimum atomic E-state index is 0.968. The topological polar surface area (TPSA) is 6.48 Å². The molecule has 0 heterocycles. The summed E-state index contributed by atoms with van der Waals surface area (Å²) in [5.41, 5.74) is 8.98. The summed E-state index contributed by atoms with van der Waals surface area (Å²) in [4.78, 5) is 4.51. The van der Waals surface area contributed by atoms with Crippen molar-refractivity contribution in [1.82, 2.24) is 0 Å². The Labute approximate surface area is 226 Å². The van der Waals surface area contributed by atoms with E-state index in [1.807, 2.05) is 30.4 Å². The molecular weight excluding hydrogens is 460 g/mol. The second kappa shape index (κ2) is 11.9.